The number of benzene rings is 2. The molecule has 1 heterocycles. The van der Waals surface area contributed by atoms with Gasteiger partial charge in [-0.15, -0.1) is 0 Å². The van der Waals surface area contributed by atoms with Gasteiger partial charge in [-0.2, -0.15) is 0 Å². The van der Waals surface area contributed by atoms with Crippen LogP contribution in [0.25, 0.3) is 12.2 Å². The number of hydrogen-bond acceptors (Lipinski definition) is 8. The predicted octanol–water partition coefficient (Wildman–Crippen LogP) is 3.94. The Bertz CT molecular complexity index is 1330. The summed E-state index contributed by atoms with van der Waals surface area (Å²) in [6, 6.07) is 9.41. The third-order valence-electron chi connectivity index (χ3n) is 4.75. The Balaban J connectivity index is 1.96. The van der Waals surface area contributed by atoms with Gasteiger partial charge in [0.15, 0.2) is 5.76 Å². The number of carbonyl (C=O) groups excluding carboxylic acids is 1. The van der Waals surface area contributed by atoms with Crippen molar-refractivity contribution in [2.45, 2.75) is 18.7 Å². The van der Waals surface area contributed by atoms with Crippen molar-refractivity contribution >= 4 is 39.5 Å². The molecule has 1 amide bonds. The molecule has 0 spiro atoms. The summed E-state index contributed by atoms with van der Waals surface area (Å²) in [7, 11) is 0.259. The number of anilines is 2. The highest BCUT2D eigenvalue weighted by Crippen LogP contribution is 2.33. The molecule has 2 N–H and O–H groups in total. The smallest absolute Gasteiger partial charge is 0.265 e. The number of hydrogen-bond donors (Lipinski definition) is 2. The highest BCUT2D eigenvalue weighted by atomic mass is 32.2. The van der Waals surface area contributed by atoms with E-state index in [1.807, 2.05) is 0 Å². The Morgan fingerprint density at radius 1 is 1.00 bits per heavy atom. The molecule has 0 saturated heterocycles. The molecule has 11 heteroatoms. The first-order valence-corrected chi connectivity index (χ1v) is 11.5. The highest BCUT2D eigenvalue weighted by Gasteiger charge is 2.22. The Morgan fingerprint density at radius 2 is 1.74 bits per heavy atom. The molecule has 1 aromatic heterocycles. The minimum absolute atomic E-state index is 0.0779. The molecule has 3 aromatic rings. The monoisotopic (exact) mass is 487 g/mol. The number of aryl methyl sites for hydroxylation is 1. The lowest BCUT2D eigenvalue weighted by Gasteiger charge is -2.15. The van der Waals surface area contributed by atoms with Crippen molar-refractivity contribution in [3.63, 3.8) is 0 Å². The second-order valence-electron chi connectivity index (χ2n) is 7.10. The highest BCUT2D eigenvalue weighted by molar-refractivity contribution is 7.92. The molecule has 0 fully saturated rings. The van der Waals surface area contributed by atoms with Crippen molar-refractivity contribution in [2.24, 2.45) is 0 Å². The second kappa shape index (κ2) is 10.3. The van der Waals surface area contributed by atoms with Crippen LogP contribution in [0.2, 0.25) is 0 Å². The van der Waals surface area contributed by atoms with Crippen molar-refractivity contribution in [3.05, 3.63) is 53.4 Å². The van der Waals surface area contributed by atoms with Crippen molar-refractivity contribution in [1.29, 1.82) is 0 Å². The third kappa shape index (κ3) is 5.49. The molecule has 10 nitrogen and oxygen atoms in total. The van der Waals surface area contributed by atoms with E-state index in [0.717, 1.165) is 0 Å². The molecule has 0 aliphatic heterocycles. The Labute approximate surface area is 197 Å². The number of aromatic nitrogens is 1. The molecule has 0 bridgehead atoms. The van der Waals surface area contributed by atoms with Crippen LogP contribution in [0.1, 0.15) is 23.9 Å². The van der Waals surface area contributed by atoms with E-state index in [1.54, 1.807) is 49.4 Å². The lowest BCUT2D eigenvalue weighted by atomic mass is 10.2. The van der Waals surface area contributed by atoms with Gasteiger partial charge < -0.3 is 24.1 Å². The Morgan fingerprint density at radius 3 is 2.38 bits per heavy atom. The van der Waals surface area contributed by atoms with Crippen molar-refractivity contribution in [1.82, 2.24) is 5.16 Å². The largest absolute Gasteiger partial charge is 0.497 e. The number of rotatable bonds is 9. The normalized spacial score (nSPS) is 11.3. The van der Waals surface area contributed by atoms with Crippen LogP contribution >= 0.6 is 0 Å². The minimum atomic E-state index is -4.06. The maximum absolute atomic E-state index is 13.2. The van der Waals surface area contributed by atoms with Gasteiger partial charge >= 0.3 is 0 Å². The van der Waals surface area contributed by atoms with E-state index in [0.29, 0.717) is 34.2 Å². The zero-order valence-corrected chi connectivity index (χ0v) is 20.1. The van der Waals surface area contributed by atoms with Gasteiger partial charge in [-0.05, 0) is 42.8 Å². The van der Waals surface area contributed by atoms with Crippen LogP contribution in [-0.2, 0) is 14.8 Å². The van der Waals surface area contributed by atoms with E-state index in [2.05, 4.69) is 15.2 Å². The summed E-state index contributed by atoms with van der Waals surface area (Å²) in [5, 5.41) is 6.52. The molecular formula is C23H25N3O7S. The first kappa shape index (κ1) is 24.6. The molecule has 0 unspecified atom stereocenters. The van der Waals surface area contributed by atoms with E-state index < -0.39 is 10.0 Å². The lowest BCUT2D eigenvalue weighted by molar-refractivity contribution is -0.114. The molecule has 0 saturated carbocycles. The molecule has 0 radical (unpaired) electrons. The maximum Gasteiger partial charge on any atom is 0.265 e. The minimum Gasteiger partial charge on any atom is -0.497 e. The van der Waals surface area contributed by atoms with Gasteiger partial charge in [-0.25, -0.2) is 8.42 Å². The summed E-state index contributed by atoms with van der Waals surface area (Å²) in [5.41, 5.74) is 1.75. The third-order valence-corrected chi connectivity index (χ3v) is 6.13. The first-order chi connectivity index (χ1) is 16.2. The van der Waals surface area contributed by atoms with Crippen molar-refractivity contribution in [2.75, 3.05) is 31.4 Å². The fourth-order valence-electron chi connectivity index (χ4n) is 3.09. The topological polar surface area (TPSA) is 129 Å². The maximum atomic E-state index is 13.2. The van der Waals surface area contributed by atoms with Gasteiger partial charge in [0.2, 0.25) is 5.91 Å². The van der Waals surface area contributed by atoms with Gasteiger partial charge in [0, 0.05) is 13.0 Å². The SMILES string of the molecule is COc1ccc(NS(=O)(=O)c2cc(/C=C\c3onc(C)c3NC(C)=O)ccc2OC)c(OC)c1. The van der Waals surface area contributed by atoms with E-state index >= 15 is 0 Å². The molecular weight excluding hydrogens is 462 g/mol. The number of ether oxygens (including phenoxy) is 3. The van der Waals surface area contributed by atoms with E-state index in [1.165, 1.54) is 34.3 Å². The molecule has 0 aliphatic carbocycles. The number of carbonyl (C=O) groups is 1. The number of nitrogens with zero attached hydrogens (tertiary/aromatic N) is 1. The lowest BCUT2D eigenvalue weighted by Crippen LogP contribution is -2.15. The average Bonchev–Trinajstić information content (AvgIpc) is 3.16. The molecule has 180 valence electrons. The van der Waals surface area contributed by atoms with Crippen LogP contribution in [0.3, 0.4) is 0 Å². The number of sulfonamides is 1. The quantitative estimate of drug-likeness (QED) is 0.464. The zero-order chi connectivity index (χ0) is 24.9. The van der Waals surface area contributed by atoms with E-state index in [-0.39, 0.29) is 22.2 Å². The summed E-state index contributed by atoms with van der Waals surface area (Å²) in [6.45, 7) is 3.08. The first-order valence-electron chi connectivity index (χ1n) is 10.0. The second-order valence-corrected chi connectivity index (χ2v) is 8.75. The molecule has 34 heavy (non-hydrogen) atoms. The molecule has 0 atom stereocenters. The van der Waals surface area contributed by atoms with Crippen LogP contribution in [0.5, 0.6) is 17.2 Å². The molecule has 0 aliphatic rings. The van der Waals surface area contributed by atoms with Gasteiger partial charge in [-0.3, -0.25) is 9.52 Å². The zero-order valence-electron chi connectivity index (χ0n) is 19.3. The van der Waals surface area contributed by atoms with E-state index in [4.69, 9.17) is 18.7 Å². The Kier molecular flexibility index (Phi) is 7.47. The summed E-state index contributed by atoms with van der Waals surface area (Å²) in [6.07, 6.45) is 3.22. The number of nitrogens with one attached hydrogen (secondary N) is 2. The number of amides is 1. The summed E-state index contributed by atoms with van der Waals surface area (Å²) in [5.74, 6) is 1.04. The van der Waals surface area contributed by atoms with E-state index in [9.17, 15) is 13.2 Å². The molecule has 2 aromatic carbocycles. The summed E-state index contributed by atoms with van der Waals surface area (Å²) in [4.78, 5) is 11.4. The van der Waals surface area contributed by atoms with Gasteiger partial charge in [-0.1, -0.05) is 17.3 Å². The van der Waals surface area contributed by atoms with Crippen LogP contribution in [0.4, 0.5) is 11.4 Å². The Hall–Kier alpha value is -3.99. The summed E-state index contributed by atoms with van der Waals surface area (Å²) < 4.78 is 50.0. The van der Waals surface area contributed by atoms with Gasteiger partial charge in [0.25, 0.3) is 10.0 Å². The van der Waals surface area contributed by atoms with Crippen LogP contribution in [-0.4, -0.2) is 40.8 Å². The van der Waals surface area contributed by atoms with Gasteiger partial charge in [0.1, 0.15) is 33.5 Å². The van der Waals surface area contributed by atoms with Crippen LogP contribution in [0, 0.1) is 6.92 Å². The van der Waals surface area contributed by atoms with Crippen LogP contribution < -0.4 is 24.2 Å². The van der Waals surface area contributed by atoms with Crippen molar-refractivity contribution < 1.29 is 31.9 Å². The molecule has 3 rings (SSSR count). The fourth-order valence-corrected chi connectivity index (χ4v) is 4.37. The predicted molar refractivity (Wildman–Crippen MR) is 128 cm³/mol. The number of methoxy groups -OCH3 is 3. The average molecular weight is 488 g/mol. The van der Waals surface area contributed by atoms with Crippen molar-refractivity contribution in [3.8, 4) is 17.2 Å². The standard InChI is InChI=1S/C23H25N3O7S/c1-14-23(24-15(2)27)20(33-25-14)11-7-16-6-10-19(31-4)22(12-16)34(28,29)26-18-9-8-17(30-3)13-21(18)32-5/h6-13,26H,1-5H3,(H,24,27)/b11-7-. The summed E-state index contributed by atoms with van der Waals surface area (Å²) >= 11 is 0. The van der Waals surface area contributed by atoms with Crippen LogP contribution in [0.15, 0.2) is 45.8 Å². The van der Waals surface area contributed by atoms with Gasteiger partial charge in [0.05, 0.1) is 27.0 Å². The fraction of sp³-hybridized carbons (Fsp3) is 0.217.